The number of carboxylic acids is 3. The zero-order valence-corrected chi connectivity index (χ0v) is 30.5. The van der Waals surface area contributed by atoms with Crippen LogP contribution >= 0.6 is 0 Å². The topological polar surface area (TPSA) is 238 Å². The van der Waals surface area contributed by atoms with Crippen LogP contribution in [0, 0.1) is 0 Å². The summed E-state index contributed by atoms with van der Waals surface area (Å²) in [5.41, 5.74) is 10.9. The molecule has 4 aliphatic rings. The zero-order chi connectivity index (χ0) is 39.4. The molecule has 15 nitrogen and oxygen atoms in total. The summed E-state index contributed by atoms with van der Waals surface area (Å²) in [5.74, 6) is -5.77. The van der Waals surface area contributed by atoms with Crippen LogP contribution in [-0.2, 0) is 45.3 Å². The Labute approximate surface area is 298 Å². The third-order valence-corrected chi connectivity index (χ3v) is 15.0. The van der Waals surface area contributed by atoms with Crippen LogP contribution in [0.1, 0.15) is 57.6 Å². The van der Waals surface area contributed by atoms with Gasteiger partial charge in [-0.15, -0.1) is 0 Å². The highest BCUT2D eigenvalue weighted by Gasteiger charge is 2.74. The molecular weight excluding hydrogens is 715 g/mol. The van der Waals surface area contributed by atoms with Crippen molar-refractivity contribution in [3.63, 3.8) is 0 Å². The largest absolute Gasteiger partial charge is 0.541 e. The predicted molar refractivity (Wildman–Crippen MR) is 177 cm³/mol. The molecule has 1 spiro atoms. The Morgan fingerprint density at radius 2 is 1.58 bits per heavy atom. The average molecular weight is 760 g/mol. The van der Waals surface area contributed by atoms with E-state index in [0.29, 0.717) is 30.9 Å². The van der Waals surface area contributed by atoms with Gasteiger partial charge in [0.05, 0.1) is 24.3 Å². The summed E-state index contributed by atoms with van der Waals surface area (Å²) in [6.07, 6.45) is -4.33. The van der Waals surface area contributed by atoms with Gasteiger partial charge in [-0.1, -0.05) is 26.8 Å². The normalized spacial score (nSPS) is 25.9. The number of aliphatic carboxylic acids is 3. The minimum absolute atomic E-state index is 0.121. The molecule has 2 bridgehead atoms. The molecule has 0 radical (unpaired) electrons. The molecule has 2 aliphatic heterocycles. The number of hydrogen-bond acceptors (Lipinski definition) is 12. The first-order chi connectivity index (χ1) is 23.8. The van der Waals surface area contributed by atoms with E-state index in [1.54, 1.807) is 6.08 Å². The number of carbonyl (C=O) groups excluding carboxylic acids is 2. The monoisotopic (exact) mass is 759 g/mol. The third-order valence-electron chi connectivity index (χ3n) is 10.6. The lowest BCUT2D eigenvalue weighted by Gasteiger charge is -2.62. The molecule has 1 fully saturated rings. The smallest absolute Gasteiger partial charge is 0.490 e. The number of nitrogens with two attached hydrogens (primary N) is 2. The summed E-state index contributed by atoms with van der Waals surface area (Å²) in [6, 6.07) is 0.721. The number of piperidine rings is 1. The van der Waals surface area contributed by atoms with Gasteiger partial charge in [0.15, 0.2) is 11.9 Å². The molecule has 52 heavy (non-hydrogen) atoms. The molecule has 2 aliphatic carbocycles. The number of rotatable bonds is 10. The second kappa shape index (κ2) is 14.0. The van der Waals surface area contributed by atoms with Crippen LogP contribution in [-0.4, -0.2) is 108 Å². The SMILES string of the molecule is CN1CC[C@]23c4c5ccc(O[Si](C)(C)C(C)(C)C)c4O[C@H]2C(OC(=O)CC(N)C(=O)O)=CC[C@@]3(OC(=O)CC(N)C(=O)O)[C@H]1C5.O=C(O)C(F)(F)F. The number of benzene rings is 1. The van der Waals surface area contributed by atoms with E-state index in [0.717, 1.165) is 11.1 Å². The highest BCUT2D eigenvalue weighted by atomic mass is 28.4. The van der Waals surface area contributed by atoms with Crippen molar-refractivity contribution in [2.75, 3.05) is 13.6 Å². The molecule has 2 unspecified atom stereocenters. The van der Waals surface area contributed by atoms with Gasteiger partial charge in [-0.25, -0.2) is 4.79 Å². The van der Waals surface area contributed by atoms with E-state index in [9.17, 15) is 42.6 Å². The molecule has 2 heterocycles. The van der Waals surface area contributed by atoms with Crippen LogP contribution in [0.3, 0.4) is 0 Å². The van der Waals surface area contributed by atoms with Crippen molar-refractivity contribution < 1.29 is 71.1 Å². The minimum atomic E-state index is -5.08. The number of likely N-dealkylation sites (tertiary alicyclic amines) is 1. The van der Waals surface area contributed by atoms with Gasteiger partial charge < -0.3 is 45.4 Å². The van der Waals surface area contributed by atoms with Crippen LogP contribution in [0.5, 0.6) is 11.5 Å². The number of nitrogens with zero attached hydrogens (tertiary/aromatic N) is 1. The molecule has 0 amide bonds. The van der Waals surface area contributed by atoms with Crippen molar-refractivity contribution in [1.29, 1.82) is 0 Å². The van der Waals surface area contributed by atoms with Gasteiger partial charge in [-0.2, -0.15) is 13.2 Å². The molecule has 0 aromatic heterocycles. The number of esters is 2. The second-order valence-corrected chi connectivity index (χ2v) is 19.7. The quantitative estimate of drug-likeness (QED) is 0.170. The lowest BCUT2D eigenvalue weighted by molar-refractivity contribution is -0.206. The molecular formula is C33H44F3N3O12Si. The Kier molecular flexibility index (Phi) is 10.9. The molecule has 1 aromatic carbocycles. The van der Waals surface area contributed by atoms with Crippen molar-refractivity contribution in [1.82, 2.24) is 4.90 Å². The van der Waals surface area contributed by atoms with E-state index in [4.69, 9.17) is 40.0 Å². The van der Waals surface area contributed by atoms with E-state index in [-0.39, 0.29) is 23.3 Å². The number of alkyl halides is 3. The summed E-state index contributed by atoms with van der Waals surface area (Å²) in [5, 5.41) is 25.6. The molecule has 0 saturated carbocycles. The van der Waals surface area contributed by atoms with Gasteiger partial charge >= 0.3 is 36.0 Å². The first-order valence-corrected chi connectivity index (χ1v) is 19.3. The summed E-state index contributed by atoms with van der Waals surface area (Å²) in [6.45, 7) is 11.3. The van der Waals surface area contributed by atoms with Crippen molar-refractivity contribution in [3.05, 3.63) is 35.1 Å². The maximum absolute atomic E-state index is 13.4. The van der Waals surface area contributed by atoms with Crippen molar-refractivity contribution in [3.8, 4) is 11.5 Å². The number of carbonyl (C=O) groups is 5. The molecule has 19 heteroatoms. The lowest BCUT2D eigenvalue weighted by Crippen LogP contribution is -2.75. The van der Waals surface area contributed by atoms with E-state index in [1.807, 2.05) is 19.2 Å². The predicted octanol–water partition coefficient (Wildman–Crippen LogP) is 2.68. The standard InChI is InChI=1S/C31H43N3O10Si.C2HF3O2/c1-29(2,3)45(5,6)44-19-8-7-16-13-21-31(43-23(36)15-18(33)28(39)40)10-9-20(41-22(35)14-17(32)27(37)38)26-30(31,11-12-34(21)4)24(16)25(19)42-26;3-2(4,5)1(6)7/h7-9,17-18,21,26H,10-15,32-33H2,1-6H3,(H,37,38)(H,39,40);(H,6,7)/t17?,18?,21-,26+,30+,31-;/m1./s1. The molecule has 5 rings (SSSR count). The van der Waals surface area contributed by atoms with Gasteiger partial charge in [-0.3, -0.25) is 24.1 Å². The molecule has 1 aromatic rings. The number of likely N-dealkylation sites (N-methyl/N-ethyl adjacent to an activating group) is 1. The Bertz CT molecular complexity index is 1680. The Morgan fingerprint density at radius 3 is 2.10 bits per heavy atom. The lowest BCUT2D eigenvalue weighted by atomic mass is 9.50. The third kappa shape index (κ3) is 7.22. The molecule has 288 valence electrons. The van der Waals surface area contributed by atoms with Crippen LogP contribution in [0.15, 0.2) is 24.0 Å². The van der Waals surface area contributed by atoms with Crippen LogP contribution in [0.25, 0.3) is 0 Å². The fourth-order valence-corrected chi connectivity index (χ4v) is 8.07. The minimum Gasteiger partial charge on any atom is -0.541 e. The zero-order valence-electron chi connectivity index (χ0n) is 29.5. The average Bonchev–Trinajstić information content (AvgIpc) is 3.36. The first-order valence-electron chi connectivity index (χ1n) is 16.4. The molecule has 6 atom stereocenters. The van der Waals surface area contributed by atoms with Crippen LogP contribution in [0.2, 0.25) is 18.1 Å². The highest BCUT2D eigenvalue weighted by molar-refractivity contribution is 6.74. The van der Waals surface area contributed by atoms with Gasteiger partial charge in [0, 0.05) is 12.0 Å². The summed E-state index contributed by atoms with van der Waals surface area (Å²) >= 11 is 0. The summed E-state index contributed by atoms with van der Waals surface area (Å²) in [7, 11) is -0.405. The fraction of sp³-hybridized carbons (Fsp3) is 0.606. The van der Waals surface area contributed by atoms with Gasteiger partial charge in [0.2, 0.25) is 0 Å². The maximum Gasteiger partial charge on any atom is 0.490 e. The molecule has 1 saturated heterocycles. The van der Waals surface area contributed by atoms with Gasteiger partial charge in [0.25, 0.3) is 8.32 Å². The summed E-state index contributed by atoms with van der Waals surface area (Å²) in [4.78, 5) is 60.2. The summed E-state index contributed by atoms with van der Waals surface area (Å²) < 4.78 is 57.5. The number of carboxylic acid groups (broad SMARTS) is 3. The van der Waals surface area contributed by atoms with Crippen molar-refractivity contribution in [2.24, 2.45) is 11.5 Å². The molecule has 7 N–H and O–H groups in total. The van der Waals surface area contributed by atoms with Crippen molar-refractivity contribution in [2.45, 2.75) is 112 Å². The van der Waals surface area contributed by atoms with Gasteiger partial charge in [-0.05, 0) is 62.3 Å². The Hall–Kier alpha value is -4.20. The van der Waals surface area contributed by atoms with E-state index < -0.39 is 86.4 Å². The first kappa shape index (κ1) is 40.6. The number of hydrogen-bond donors (Lipinski definition) is 5. The van der Waals surface area contributed by atoms with E-state index in [2.05, 4.69) is 38.8 Å². The van der Waals surface area contributed by atoms with Crippen molar-refractivity contribution >= 4 is 38.2 Å². The van der Waals surface area contributed by atoms with E-state index in [1.165, 1.54) is 0 Å². The number of ether oxygens (including phenoxy) is 3. The number of halogens is 3. The Balaban J connectivity index is 0.000000785. The fourth-order valence-electron chi connectivity index (χ4n) is 7.06. The van der Waals surface area contributed by atoms with Crippen LogP contribution in [0.4, 0.5) is 13.2 Å². The maximum atomic E-state index is 13.4. The van der Waals surface area contributed by atoms with Gasteiger partial charge in [0.1, 0.15) is 29.2 Å². The second-order valence-electron chi connectivity index (χ2n) is 15.0. The van der Waals surface area contributed by atoms with Crippen LogP contribution < -0.4 is 20.6 Å². The Morgan fingerprint density at radius 1 is 1.02 bits per heavy atom. The van der Waals surface area contributed by atoms with E-state index >= 15 is 0 Å². The highest BCUT2D eigenvalue weighted by Crippen LogP contribution is 2.67.